The first-order valence-electron chi connectivity index (χ1n) is 11.9. The van der Waals surface area contributed by atoms with Gasteiger partial charge in [0, 0.05) is 33.3 Å². The number of thiophene rings is 1. The van der Waals surface area contributed by atoms with E-state index in [1.807, 2.05) is 43.3 Å². The van der Waals surface area contributed by atoms with Crippen LogP contribution in [0.25, 0.3) is 43.6 Å². The molecule has 0 radical (unpaired) electrons. The summed E-state index contributed by atoms with van der Waals surface area (Å²) >= 11 is 1.69. The number of benzene rings is 3. The van der Waals surface area contributed by atoms with Gasteiger partial charge in [-0.1, -0.05) is 60.2 Å². The molecule has 0 aliphatic carbocycles. The number of pyridine rings is 1. The molecule has 0 aliphatic heterocycles. The number of hydrogen-bond acceptors (Lipinski definition) is 4. The highest BCUT2D eigenvalue weighted by Crippen LogP contribution is 2.40. The Morgan fingerprint density at radius 1 is 0.861 bits per heavy atom. The molecule has 0 spiro atoms. The molecule has 178 valence electrons. The summed E-state index contributed by atoms with van der Waals surface area (Å²) in [6.45, 7) is 4.69. The van der Waals surface area contributed by atoms with Gasteiger partial charge in [-0.25, -0.2) is 13.4 Å². The molecule has 0 saturated heterocycles. The fourth-order valence-electron chi connectivity index (χ4n) is 4.78. The summed E-state index contributed by atoms with van der Waals surface area (Å²) in [5.41, 5.74) is 5.82. The lowest BCUT2D eigenvalue weighted by Crippen LogP contribution is -2.03. The van der Waals surface area contributed by atoms with Crippen molar-refractivity contribution < 1.29 is 8.42 Å². The molecule has 0 amide bonds. The Morgan fingerprint density at radius 2 is 1.61 bits per heavy atom. The van der Waals surface area contributed by atoms with Crippen molar-refractivity contribution in [2.24, 2.45) is 0 Å². The third-order valence-electron chi connectivity index (χ3n) is 6.60. The Kier molecular flexibility index (Phi) is 5.51. The number of rotatable bonds is 5. The van der Waals surface area contributed by atoms with Crippen LogP contribution < -0.4 is 0 Å². The van der Waals surface area contributed by atoms with Crippen molar-refractivity contribution in [3.05, 3.63) is 102 Å². The van der Waals surface area contributed by atoms with E-state index in [4.69, 9.17) is 4.98 Å². The zero-order valence-electron chi connectivity index (χ0n) is 20.0. The molecule has 0 N–H and O–H groups in total. The number of hydrogen-bond donors (Lipinski definition) is 0. The summed E-state index contributed by atoms with van der Waals surface area (Å²) in [4.78, 5) is 6.85. The predicted octanol–water partition coefficient (Wildman–Crippen LogP) is 7.75. The van der Waals surface area contributed by atoms with Crippen LogP contribution in [-0.4, -0.2) is 18.0 Å². The van der Waals surface area contributed by atoms with E-state index < -0.39 is 9.84 Å². The molecule has 3 aromatic carbocycles. The average molecular weight is 509 g/mol. The summed E-state index contributed by atoms with van der Waals surface area (Å²) in [5.74, 6) is 0. The molecule has 3 heterocycles. The van der Waals surface area contributed by atoms with Gasteiger partial charge in [-0.05, 0) is 55.6 Å². The van der Waals surface area contributed by atoms with Crippen molar-refractivity contribution in [3.8, 4) is 21.7 Å². The summed E-state index contributed by atoms with van der Waals surface area (Å²) < 4.78 is 29.1. The molecule has 6 rings (SSSR count). The minimum atomic E-state index is -3.65. The maximum Gasteiger partial charge on any atom is 0.206 e. The van der Waals surface area contributed by atoms with Crippen molar-refractivity contribution in [2.45, 2.75) is 30.2 Å². The molecule has 6 aromatic rings. The zero-order valence-corrected chi connectivity index (χ0v) is 21.6. The smallest absolute Gasteiger partial charge is 0.206 e. The first-order valence-corrected chi connectivity index (χ1v) is 14.2. The van der Waals surface area contributed by atoms with E-state index in [0.29, 0.717) is 11.4 Å². The van der Waals surface area contributed by atoms with Crippen molar-refractivity contribution >= 4 is 43.1 Å². The Morgan fingerprint density at radius 3 is 2.31 bits per heavy atom. The van der Waals surface area contributed by atoms with Crippen molar-refractivity contribution in [1.29, 1.82) is 0 Å². The van der Waals surface area contributed by atoms with Crippen molar-refractivity contribution in [3.63, 3.8) is 0 Å². The first kappa shape index (κ1) is 22.7. The first-order chi connectivity index (χ1) is 17.5. The Hall–Kier alpha value is -3.74. The molecular formula is C30H24N2O2S2. The monoisotopic (exact) mass is 508 g/mol. The van der Waals surface area contributed by atoms with E-state index in [9.17, 15) is 8.42 Å². The Labute approximate surface area is 214 Å². The predicted molar refractivity (Wildman–Crippen MR) is 148 cm³/mol. The van der Waals surface area contributed by atoms with Crippen LogP contribution >= 0.6 is 11.3 Å². The van der Waals surface area contributed by atoms with E-state index >= 15 is 0 Å². The fourth-order valence-corrected chi connectivity index (χ4v) is 6.81. The van der Waals surface area contributed by atoms with Crippen LogP contribution in [0.1, 0.15) is 12.5 Å². The Balaban J connectivity index is 1.65. The van der Waals surface area contributed by atoms with Crippen LogP contribution in [0.3, 0.4) is 0 Å². The number of fused-ring (bicyclic) bond motifs is 3. The average Bonchev–Trinajstić information content (AvgIpc) is 3.55. The maximum atomic E-state index is 13.5. The fraction of sp³-hybridized carbons (Fsp3) is 0.100. The van der Waals surface area contributed by atoms with Crippen LogP contribution in [0.5, 0.6) is 0 Å². The molecule has 0 saturated carbocycles. The number of sulfone groups is 1. The van der Waals surface area contributed by atoms with Crippen molar-refractivity contribution in [1.82, 2.24) is 9.55 Å². The normalized spacial score (nSPS) is 11.9. The van der Waals surface area contributed by atoms with E-state index in [2.05, 4.69) is 47.2 Å². The van der Waals surface area contributed by atoms with Crippen LogP contribution in [-0.2, 0) is 16.4 Å². The molecule has 0 fully saturated rings. The number of nitrogens with zero attached hydrogens (tertiary/aromatic N) is 2. The standard InChI is InChI=1S/C30H24N2O2S2/c1-3-32-27-18-23(36(33,34)22-13-11-20(2)12-14-22)15-16-24(27)29-25(28-10-7-17-35-28)19-26(31-30(29)32)21-8-5-4-6-9-21/h4-19H,3H2,1-2H3. The lowest BCUT2D eigenvalue weighted by molar-refractivity contribution is 0.596. The molecular weight excluding hydrogens is 484 g/mol. The molecule has 4 nitrogen and oxygen atoms in total. The van der Waals surface area contributed by atoms with E-state index in [-0.39, 0.29) is 4.90 Å². The van der Waals surface area contributed by atoms with Gasteiger partial charge >= 0.3 is 0 Å². The van der Waals surface area contributed by atoms with Gasteiger partial charge in [0.1, 0.15) is 5.65 Å². The van der Waals surface area contributed by atoms with Crippen LogP contribution in [0.2, 0.25) is 0 Å². The van der Waals surface area contributed by atoms with Crippen LogP contribution in [0, 0.1) is 6.92 Å². The van der Waals surface area contributed by atoms with Crippen LogP contribution in [0.4, 0.5) is 0 Å². The lowest BCUT2D eigenvalue weighted by atomic mass is 10.0. The number of aromatic nitrogens is 2. The van der Waals surface area contributed by atoms with Gasteiger partial charge in [-0.3, -0.25) is 0 Å². The second-order valence-electron chi connectivity index (χ2n) is 8.84. The quantitative estimate of drug-likeness (QED) is 0.239. The lowest BCUT2D eigenvalue weighted by Gasteiger charge is -2.09. The zero-order chi connectivity index (χ0) is 24.9. The van der Waals surface area contributed by atoms with Gasteiger partial charge in [0.25, 0.3) is 0 Å². The van der Waals surface area contributed by atoms with E-state index in [0.717, 1.165) is 49.2 Å². The number of aryl methyl sites for hydroxylation is 2. The third kappa shape index (κ3) is 3.65. The summed E-state index contributed by atoms with van der Waals surface area (Å²) in [6.07, 6.45) is 0. The minimum absolute atomic E-state index is 0.289. The largest absolute Gasteiger partial charge is 0.325 e. The minimum Gasteiger partial charge on any atom is -0.325 e. The second-order valence-corrected chi connectivity index (χ2v) is 11.7. The van der Waals surface area contributed by atoms with Gasteiger partial charge in [0.05, 0.1) is 21.0 Å². The molecule has 0 bridgehead atoms. The van der Waals surface area contributed by atoms with Gasteiger partial charge in [0.15, 0.2) is 0 Å². The van der Waals surface area contributed by atoms with Gasteiger partial charge in [-0.2, -0.15) is 0 Å². The van der Waals surface area contributed by atoms with Crippen molar-refractivity contribution in [2.75, 3.05) is 0 Å². The van der Waals surface area contributed by atoms with Gasteiger partial charge < -0.3 is 4.57 Å². The molecule has 36 heavy (non-hydrogen) atoms. The summed E-state index contributed by atoms with van der Waals surface area (Å²) in [6, 6.07) is 29.0. The van der Waals surface area contributed by atoms with E-state index in [1.165, 1.54) is 0 Å². The van der Waals surface area contributed by atoms with Gasteiger partial charge in [0.2, 0.25) is 9.84 Å². The Bertz CT molecular complexity index is 1820. The maximum absolute atomic E-state index is 13.5. The van der Waals surface area contributed by atoms with Crippen LogP contribution in [0.15, 0.2) is 106 Å². The highest BCUT2D eigenvalue weighted by molar-refractivity contribution is 7.91. The molecule has 0 atom stereocenters. The SMILES string of the molecule is CCn1c2cc(S(=O)(=O)c3ccc(C)cc3)ccc2c2c(-c3cccs3)cc(-c3ccccc3)nc21. The molecule has 6 heteroatoms. The molecule has 3 aromatic heterocycles. The summed E-state index contributed by atoms with van der Waals surface area (Å²) in [7, 11) is -3.65. The summed E-state index contributed by atoms with van der Waals surface area (Å²) in [5, 5.41) is 4.13. The topological polar surface area (TPSA) is 52.0 Å². The molecule has 0 unspecified atom stereocenters. The van der Waals surface area contributed by atoms with E-state index in [1.54, 1.807) is 35.6 Å². The highest BCUT2D eigenvalue weighted by atomic mass is 32.2. The van der Waals surface area contributed by atoms with Gasteiger partial charge in [-0.15, -0.1) is 11.3 Å². The molecule has 0 aliphatic rings. The highest BCUT2D eigenvalue weighted by Gasteiger charge is 2.22. The second kappa shape index (κ2) is 8.73. The third-order valence-corrected chi connectivity index (χ3v) is 9.27.